The Bertz CT molecular complexity index is 573. The van der Waals surface area contributed by atoms with E-state index in [1.807, 2.05) is 24.5 Å². The molecule has 22 heavy (non-hydrogen) atoms. The molecule has 1 heterocycles. The maximum atomic E-state index is 5.37. The molecule has 0 aliphatic heterocycles. The molecule has 0 saturated heterocycles. The topological polar surface area (TPSA) is 34.6 Å². The number of aromatic nitrogens is 1. The Morgan fingerprint density at radius 1 is 0.955 bits per heavy atom. The molecule has 0 fully saturated rings. The lowest BCUT2D eigenvalue weighted by Gasteiger charge is -2.21. The minimum Gasteiger partial charge on any atom is -0.493 e. The summed E-state index contributed by atoms with van der Waals surface area (Å²) >= 11 is 0. The van der Waals surface area contributed by atoms with E-state index in [-0.39, 0.29) is 0 Å². The molecule has 0 aliphatic carbocycles. The highest BCUT2D eigenvalue weighted by atomic mass is 16.5. The number of likely N-dealkylation sites (N-methyl/N-ethyl adjacent to an activating group) is 1. The van der Waals surface area contributed by atoms with Crippen molar-refractivity contribution in [3.05, 3.63) is 53.9 Å². The second-order valence-corrected chi connectivity index (χ2v) is 5.16. The molecule has 0 saturated carbocycles. The molecule has 0 amide bonds. The van der Waals surface area contributed by atoms with Crippen molar-refractivity contribution < 1.29 is 9.47 Å². The van der Waals surface area contributed by atoms with Crippen molar-refractivity contribution in [3.63, 3.8) is 0 Å². The molecule has 0 aliphatic rings. The van der Waals surface area contributed by atoms with Crippen LogP contribution in [0.4, 0.5) is 0 Å². The number of benzene rings is 1. The minimum atomic E-state index is 0.770. The highest BCUT2D eigenvalue weighted by molar-refractivity contribution is 5.42. The fourth-order valence-corrected chi connectivity index (χ4v) is 2.42. The molecule has 2 rings (SSSR count). The van der Waals surface area contributed by atoms with Gasteiger partial charge in [0.25, 0.3) is 0 Å². The molecule has 1 aromatic heterocycles. The standard InChI is InChI=1S/C18H24N2O2/c1-4-20(12-9-15-7-10-19-11-8-15)14-16-5-6-17(21-2)18(13-16)22-3/h5-8,10-11,13H,4,9,12,14H2,1-3H3. The highest BCUT2D eigenvalue weighted by Gasteiger charge is 2.08. The Morgan fingerprint density at radius 2 is 1.68 bits per heavy atom. The summed E-state index contributed by atoms with van der Waals surface area (Å²) in [4.78, 5) is 6.47. The number of hydrogen-bond donors (Lipinski definition) is 0. The number of rotatable bonds is 8. The smallest absolute Gasteiger partial charge is 0.161 e. The van der Waals surface area contributed by atoms with Gasteiger partial charge in [-0.15, -0.1) is 0 Å². The van der Waals surface area contributed by atoms with Crippen molar-refractivity contribution in [2.24, 2.45) is 0 Å². The zero-order valence-corrected chi connectivity index (χ0v) is 13.6. The summed E-state index contributed by atoms with van der Waals surface area (Å²) in [5, 5.41) is 0. The number of methoxy groups -OCH3 is 2. The van der Waals surface area contributed by atoms with Gasteiger partial charge >= 0.3 is 0 Å². The summed E-state index contributed by atoms with van der Waals surface area (Å²) < 4.78 is 10.7. The van der Waals surface area contributed by atoms with E-state index in [0.29, 0.717) is 0 Å². The van der Waals surface area contributed by atoms with Crippen molar-refractivity contribution >= 4 is 0 Å². The molecular weight excluding hydrogens is 276 g/mol. The van der Waals surface area contributed by atoms with Crippen molar-refractivity contribution in [1.82, 2.24) is 9.88 Å². The van der Waals surface area contributed by atoms with Crippen LogP contribution in [-0.2, 0) is 13.0 Å². The lowest BCUT2D eigenvalue weighted by molar-refractivity contribution is 0.282. The average Bonchev–Trinajstić information content (AvgIpc) is 2.59. The molecule has 0 N–H and O–H groups in total. The number of ether oxygens (including phenoxy) is 2. The average molecular weight is 300 g/mol. The summed E-state index contributed by atoms with van der Waals surface area (Å²) in [6, 6.07) is 10.3. The van der Waals surface area contributed by atoms with Crippen molar-refractivity contribution in [2.75, 3.05) is 27.3 Å². The Hall–Kier alpha value is -2.07. The van der Waals surface area contributed by atoms with Crippen LogP contribution in [0.5, 0.6) is 11.5 Å². The van der Waals surface area contributed by atoms with Gasteiger partial charge in [-0.25, -0.2) is 0 Å². The van der Waals surface area contributed by atoms with Gasteiger partial charge in [0.2, 0.25) is 0 Å². The van der Waals surface area contributed by atoms with Gasteiger partial charge in [0.1, 0.15) is 0 Å². The summed E-state index contributed by atoms with van der Waals surface area (Å²) in [7, 11) is 3.33. The van der Waals surface area contributed by atoms with Crippen LogP contribution in [0.1, 0.15) is 18.1 Å². The first-order chi connectivity index (χ1) is 10.8. The molecule has 0 atom stereocenters. The second kappa shape index (κ2) is 8.39. The molecule has 2 aromatic rings. The molecule has 4 heteroatoms. The van der Waals surface area contributed by atoms with E-state index in [2.05, 4.69) is 35.0 Å². The molecule has 4 nitrogen and oxygen atoms in total. The van der Waals surface area contributed by atoms with Crippen LogP contribution in [0.3, 0.4) is 0 Å². The van der Waals surface area contributed by atoms with Crippen LogP contribution in [0.15, 0.2) is 42.7 Å². The number of pyridine rings is 1. The van der Waals surface area contributed by atoms with Crippen LogP contribution in [0.25, 0.3) is 0 Å². The third-order valence-corrected chi connectivity index (χ3v) is 3.77. The molecule has 118 valence electrons. The fraction of sp³-hybridized carbons (Fsp3) is 0.389. The van der Waals surface area contributed by atoms with E-state index < -0.39 is 0 Å². The molecule has 1 aromatic carbocycles. The Labute approximate surface area is 132 Å². The second-order valence-electron chi connectivity index (χ2n) is 5.16. The monoisotopic (exact) mass is 300 g/mol. The molecule has 0 radical (unpaired) electrons. The quantitative estimate of drug-likeness (QED) is 0.750. The van der Waals surface area contributed by atoms with Gasteiger partial charge in [0, 0.05) is 25.5 Å². The maximum Gasteiger partial charge on any atom is 0.161 e. The molecule has 0 bridgehead atoms. The number of hydrogen-bond acceptors (Lipinski definition) is 4. The highest BCUT2D eigenvalue weighted by Crippen LogP contribution is 2.28. The maximum absolute atomic E-state index is 5.37. The zero-order chi connectivity index (χ0) is 15.8. The van der Waals surface area contributed by atoms with Gasteiger partial charge in [-0.3, -0.25) is 9.88 Å². The molecule has 0 unspecified atom stereocenters. The van der Waals surface area contributed by atoms with E-state index in [1.165, 1.54) is 11.1 Å². The van der Waals surface area contributed by atoms with Gasteiger partial charge < -0.3 is 9.47 Å². The molecule has 0 spiro atoms. The largest absolute Gasteiger partial charge is 0.493 e. The van der Waals surface area contributed by atoms with Gasteiger partial charge in [-0.05, 0) is 48.4 Å². The fourth-order valence-electron chi connectivity index (χ4n) is 2.42. The van der Waals surface area contributed by atoms with E-state index >= 15 is 0 Å². The van der Waals surface area contributed by atoms with E-state index in [0.717, 1.165) is 37.6 Å². The van der Waals surface area contributed by atoms with Crippen molar-refractivity contribution in [2.45, 2.75) is 19.9 Å². The van der Waals surface area contributed by atoms with Crippen molar-refractivity contribution in [3.8, 4) is 11.5 Å². The normalized spacial score (nSPS) is 10.7. The summed E-state index contributed by atoms with van der Waals surface area (Å²) in [5.41, 5.74) is 2.55. The first-order valence-corrected chi connectivity index (χ1v) is 7.59. The minimum absolute atomic E-state index is 0.770. The lowest BCUT2D eigenvalue weighted by atomic mass is 10.1. The summed E-state index contributed by atoms with van der Waals surface area (Å²) in [6.45, 7) is 5.13. The predicted molar refractivity (Wildman–Crippen MR) is 88.4 cm³/mol. The van der Waals surface area contributed by atoms with E-state index in [9.17, 15) is 0 Å². The van der Waals surface area contributed by atoms with Gasteiger partial charge in [0.15, 0.2) is 11.5 Å². The summed E-state index contributed by atoms with van der Waals surface area (Å²) in [6.07, 6.45) is 4.73. The van der Waals surface area contributed by atoms with Crippen LogP contribution in [-0.4, -0.2) is 37.2 Å². The third kappa shape index (κ3) is 4.46. The predicted octanol–water partition coefficient (Wildman–Crippen LogP) is 3.16. The summed E-state index contributed by atoms with van der Waals surface area (Å²) in [5.74, 6) is 1.55. The van der Waals surface area contributed by atoms with E-state index in [4.69, 9.17) is 9.47 Å². The van der Waals surface area contributed by atoms with E-state index in [1.54, 1.807) is 14.2 Å². The van der Waals surface area contributed by atoms with Gasteiger partial charge in [-0.2, -0.15) is 0 Å². The zero-order valence-electron chi connectivity index (χ0n) is 13.6. The Morgan fingerprint density at radius 3 is 2.32 bits per heavy atom. The Balaban J connectivity index is 1.97. The van der Waals surface area contributed by atoms with Crippen LogP contribution < -0.4 is 9.47 Å². The van der Waals surface area contributed by atoms with Crippen molar-refractivity contribution in [1.29, 1.82) is 0 Å². The van der Waals surface area contributed by atoms with Crippen LogP contribution in [0.2, 0.25) is 0 Å². The lowest BCUT2D eigenvalue weighted by Crippen LogP contribution is -2.25. The van der Waals surface area contributed by atoms with Crippen LogP contribution in [0, 0.1) is 0 Å². The first kappa shape index (κ1) is 16.3. The third-order valence-electron chi connectivity index (χ3n) is 3.77. The SMILES string of the molecule is CCN(CCc1ccncc1)Cc1ccc(OC)c(OC)c1. The molecular formula is C18H24N2O2. The van der Waals surface area contributed by atoms with Gasteiger partial charge in [0.05, 0.1) is 14.2 Å². The Kier molecular flexibility index (Phi) is 6.22. The van der Waals surface area contributed by atoms with Crippen LogP contribution >= 0.6 is 0 Å². The first-order valence-electron chi connectivity index (χ1n) is 7.59. The number of nitrogens with zero attached hydrogens (tertiary/aromatic N) is 2. The van der Waals surface area contributed by atoms with Gasteiger partial charge in [-0.1, -0.05) is 13.0 Å².